The molecule has 3 heterocycles. The molecule has 7 heteroatoms. The number of H-pyrrole nitrogens is 1. The van der Waals surface area contributed by atoms with Crippen molar-refractivity contribution in [3.05, 3.63) is 99.8 Å². The van der Waals surface area contributed by atoms with E-state index in [4.69, 9.17) is 9.47 Å². The molecule has 1 amide bonds. The highest BCUT2D eigenvalue weighted by Crippen LogP contribution is 2.36. The molecule has 0 saturated heterocycles. The molecule has 1 aromatic heterocycles. The molecule has 3 aromatic carbocycles. The molecular formula is C25H19N3O4. The number of aromatic nitrogens is 1. The van der Waals surface area contributed by atoms with Crippen LogP contribution in [0.15, 0.2) is 77.6 Å². The lowest BCUT2D eigenvalue weighted by molar-refractivity contribution is 0.0665. The van der Waals surface area contributed by atoms with Gasteiger partial charge in [0, 0.05) is 17.7 Å². The van der Waals surface area contributed by atoms with E-state index in [2.05, 4.69) is 10.3 Å². The van der Waals surface area contributed by atoms with Crippen molar-refractivity contribution in [2.24, 2.45) is 0 Å². The molecule has 7 nitrogen and oxygen atoms in total. The molecule has 4 aromatic rings. The van der Waals surface area contributed by atoms with Gasteiger partial charge < -0.3 is 24.7 Å². The maximum Gasteiger partial charge on any atom is 0.258 e. The zero-order valence-electron chi connectivity index (χ0n) is 17.0. The third kappa shape index (κ3) is 2.98. The molecule has 2 aliphatic rings. The Morgan fingerprint density at radius 3 is 2.66 bits per heavy atom. The molecule has 0 spiro atoms. The van der Waals surface area contributed by atoms with Crippen LogP contribution in [0.3, 0.4) is 0 Å². The molecule has 6 rings (SSSR count). The summed E-state index contributed by atoms with van der Waals surface area (Å²) in [6.45, 7) is 0.485. The summed E-state index contributed by atoms with van der Waals surface area (Å²) in [5, 5.41) is 4.30. The minimum atomic E-state index is -0.629. The van der Waals surface area contributed by atoms with E-state index >= 15 is 0 Å². The summed E-state index contributed by atoms with van der Waals surface area (Å²) in [7, 11) is 0. The Balaban J connectivity index is 1.46. The number of para-hydroxylation sites is 2. The number of carbonyl (C=O) groups excluding carboxylic acids is 1. The normalized spacial score (nSPS) is 16.7. The molecular weight excluding hydrogens is 406 g/mol. The number of benzene rings is 3. The molecule has 1 atom stereocenters. The van der Waals surface area contributed by atoms with Crippen molar-refractivity contribution in [2.45, 2.75) is 12.7 Å². The third-order valence-corrected chi connectivity index (χ3v) is 5.89. The fraction of sp³-hybridized carbons (Fsp3) is 0.120. The summed E-state index contributed by atoms with van der Waals surface area (Å²) in [6, 6.07) is 22.4. The van der Waals surface area contributed by atoms with E-state index in [1.54, 1.807) is 11.0 Å². The van der Waals surface area contributed by atoms with Crippen molar-refractivity contribution < 1.29 is 14.3 Å². The van der Waals surface area contributed by atoms with Gasteiger partial charge in [0.2, 0.25) is 6.79 Å². The summed E-state index contributed by atoms with van der Waals surface area (Å²) >= 11 is 0. The van der Waals surface area contributed by atoms with E-state index < -0.39 is 6.17 Å². The van der Waals surface area contributed by atoms with Crippen LogP contribution < -0.4 is 20.3 Å². The van der Waals surface area contributed by atoms with Crippen molar-refractivity contribution in [2.75, 3.05) is 12.1 Å². The first-order valence-corrected chi connectivity index (χ1v) is 10.3. The molecule has 32 heavy (non-hydrogen) atoms. The Morgan fingerprint density at radius 1 is 0.906 bits per heavy atom. The van der Waals surface area contributed by atoms with Gasteiger partial charge in [0.05, 0.1) is 11.1 Å². The van der Waals surface area contributed by atoms with E-state index in [9.17, 15) is 9.59 Å². The van der Waals surface area contributed by atoms with Crippen LogP contribution in [0.4, 0.5) is 5.69 Å². The first-order valence-electron chi connectivity index (χ1n) is 10.3. The number of nitrogens with zero attached hydrogens (tertiary/aromatic N) is 1. The Labute approximate surface area is 183 Å². The lowest BCUT2D eigenvalue weighted by Crippen LogP contribution is -2.44. The molecule has 2 aliphatic heterocycles. The summed E-state index contributed by atoms with van der Waals surface area (Å²) in [6.07, 6.45) is -0.629. The van der Waals surface area contributed by atoms with Crippen LogP contribution >= 0.6 is 0 Å². The number of aromatic amines is 1. The topological polar surface area (TPSA) is 83.7 Å². The van der Waals surface area contributed by atoms with Crippen LogP contribution in [-0.4, -0.2) is 22.6 Å². The lowest BCUT2D eigenvalue weighted by atomic mass is 10.0. The van der Waals surface area contributed by atoms with E-state index in [1.807, 2.05) is 66.7 Å². The van der Waals surface area contributed by atoms with Crippen LogP contribution in [0.2, 0.25) is 0 Å². The van der Waals surface area contributed by atoms with Crippen molar-refractivity contribution in [3.63, 3.8) is 0 Å². The number of carbonyl (C=O) groups is 1. The molecule has 158 valence electrons. The Bertz CT molecular complexity index is 1430. The van der Waals surface area contributed by atoms with Gasteiger partial charge in [-0.2, -0.15) is 0 Å². The van der Waals surface area contributed by atoms with Gasteiger partial charge in [-0.15, -0.1) is 0 Å². The fourth-order valence-electron chi connectivity index (χ4n) is 4.30. The SMILES string of the molecule is O=C1c2ccccc2N[C@H](c2cc3ccccc3[nH]c2=O)N1Cc1ccc2c(c1)OCO2. The van der Waals surface area contributed by atoms with Crippen molar-refractivity contribution in [1.82, 2.24) is 9.88 Å². The third-order valence-electron chi connectivity index (χ3n) is 5.89. The maximum absolute atomic E-state index is 13.5. The zero-order valence-corrected chi connectivity index (χ0v) is 17.0. The summed E-state index contributed by atoms with van der Waals surface area (Å²) < 4.78 is 10.9. The minimum absolute atomic E-state index is 0.144. The van der Waals surface area contributed by atoms with E-state index in [0.29, 0.717) is 34.9 Å². The minimum Gasteiger partial charge on any atom is -0.454 e. The summed E-state index contributed by atoms with van der Waals surface area (Å²) in [5.74, 6) is 1.19. The predicted molar refractivity (Wildman–Crippen MR) is 120 cm³/mol. The Morgan fingerprint density at radius 2 is 1.72 bits per heavy atom. The molecule has 0 aliphatic carbocycles. The molecule has 0 radical (unpaired) electrons. The van der Waals surface area contributed by atoms with Gasteiger partial charge in [0.1, 0.15) is 6.17 Å². The smallest absolute Gasteiger partial charge is 0.258 e. The zero-order chi connectivity index (χ0) is 21.7. The number of hydrogen-bond donors (Lipinski definition) is 2. The van der Waals surface area contributed by atoms with E-state index in [-0.39, 0.29) is 18.3 Å². The predicted octanol–water partition coefficient (Wildman–Crippen LogP) is 4.02. The van der Waals surface area contributed by atoms with Gasteiger partial charge in [-0.3, -0.25) is 9.59 Å². The van der Waals surface area contributed by atoms with Crippen LogP contribution in [0.1, 0.15) is 27.7 Å². The maximum atomic E-state index is 13.5. The lowest BCUT2D eigenvalue weighted by Gasteiger charge is -2.38. The molecule has 0 fully saturated rings. The highest BCUT2D eigenvalue weighted by atomic mass is 16.7. The number of rotatable bonds is 3. The second-order valence-corrected chi connectivity index (χ2v) is 7.85. The highest BCUT2D eigenvalue weighted by Gasteiger charge is 2.34. The Hall–Kier alpha value is -4.26. The highest BCUT2D eigenvalue weighted by molar-refractivity contribution is 6.01. The average molecular weight is 425 g/mol. The number of anilines is 1. The monoisotopic (exact) mass is 425 g/mol. The number of ether oxygens (including phenoxy) is 2. The molecule has 2 N–H and O–H groups in total. The summed E-state index contributed by atoms with van der Waals surface area (Å²) in [5.41, 5.74) is 3.16. The first kappa shape index (κ1) is 18.5. The van der Waals surface area contributed by atoms with Crippen molar-refractivity contribution in [3.8, 4) is 11.5 Å². The number of nitrogens with one attached hydrogen (secondary N) is 2. The van der Waals surface area contributed by atoms with Crippen molar-refractivity contribution in [1.29, 1.82) is 0 Å². The molecule has 0 bridgehead atoms. The molecule has 0 saturated carbocycles. The van der Waals surface area contributed by atoms with Crippen LogP contribution in [0, 0.1) is 0 Å². The van der Waals surface area contributed by atoms with Crippen molar-refractivity contribution >= 4 is 22.5 Å². The van der Waals surface area contributed by atoms with Crippen LogP contribution in [0.25, 0.3) is 10.9 Å². The Kier molecular flexibility index (Phi) is 4.14. The van der Waals surface area contributed by atoms with E-state index in [1.165, 1.54) is 0 Å². The van der Waals surface area contributed by atoms with Gasteiger partial charge >= 0.3 is 0 Å². The van der Waals surface area contributed by atoms with Gasteiger partial charge in [0.15, 0.2) is 11.5 Å². The first-order chi connectivity index (χ1) is 15.7. The number of amides is 1. The largest absolute Gasteiger partial charge is 0.454 e. The summed E-state index contributed by atoms with van der Waals surface area (Å²) in [4.78, 5) is 31.2. The second-order valence-electron chi connectivity index (χ2n) is 7.85. The van der Waals surface area contributed by atoms with Gasteiger partial charge in [-0.25, -0.2) is 0 Å². The van der Waals surface area contributed by atoms with Crippen LogP contribution in [-0.2, 0) is 6.54 Å². The quantitative estimate of drug-likeness (QED) is 0.518. The standard InChI is InChI=1S/C25H19N3O4/c29-24-18(12-16-5-1-3-7-19(16)27-24)23-26-20-8-4-2-6-17(20)25(30)28(23)13-15-9-10-21-22(11-15)32-14-31-21/h1-12,23,26H,13-14H2,(H,27,29)/t23-/m0/s1. The fourth-order valence-corrected chi connectivity index (χ4v) is 4.30. The molecule has 0 unspecified atom stereocenters. The number of fused-ring (bicyclic) bond motifs is 3. The van der Waals surface area contributed by atoms with Gasteiger partial charge in [0.25, 0.3) is 11.5 Å². The number of pyridine rings is 1. The van der Waals surface area contributed by atoms with Gasteiger partial charge in [-0.1, -0.05) is 36.4 Å². The number of hydrogen-bond acceptors (Lipinski definition) is 5. The van der Waals surface area contributed by atoms with Crippen LogP contribution in [0.5, 0.6) is 11.5 Å². The van der Waals surface area contributed by atoms with Gasteiger partial charge in [-0.05, 0) is 47.3 Å². The second kappa shape index (κ2) is 7.16. The van der Waals surface area contributed by atoms with E-state index in [0.717, 1.165) is 16.5 Å². The average Bonchev–Trinajstić information content (AvgIpc) is 3.28.